The van der Waals surface area contributed by atoms with E-state index in [2.05, 4.69) is 22.3 Å². The normalized spacial score (nSPS) is 16.8. The van der Waals surface area contributed by atoms with Crippen molar-refractivity contribution in [2.24, 2.45) is 0 Å². The van der Waals surface area contributed by atoms with Crippen molar-refractivity contribution in [3.8, 4) is 0 Å². The maximum absolute atomic E-state index is 12.7. The number of para-hydroxylation sites is 1. The minimum Gasteiger partial charge on any atom is -0.368 e. The van der Waals surface area contributed by atoms with Gasteiger partial charge in [0.2, 0.25) is 11.8 Å². The zero-order valence-electron chi connectivity index (χ0n) is 17.7. The van der Waals surface area contributed by atoms with Crippen molar-refractivity contribution in [3.63, 3.8) is 0 Å². The second-order valence-electron chi connectivity index (χ2n) is 7.88. The molecule has 2 aromatic rings. The van der Waals surface area contributed by atoms with Crippen LogP contribution in [0.3, 0.4) is 0 Å². The molecular formula is C23H26ClN5O3. The number of anilines is 2. The van der Waals surface area contributed by atoms with Crippen molar-refractivity contribution in [1.82, 2.24) is 14.7 Å². The lowest BCUT2D eigenvalue weighted by Crippen LogP contribution is -2.57. The highest BCUT2D eigenvalue weighted by Crippen LogP contribution is 2.17. The Morgan fingerprint density at radius 3 is 2.16 bits per heavy atom. The molecule has 2 aromatic carbocycles. The molecule has 0 bridgehead atoms. The summed E-state index contributed by atoms with van der Waals surface area (Å²) in [5, 5.41) is 3.34. The van der Waals surface area contributed by atoms with E-state index < -0.39 is 0 Å². The largest absolute Gasteiger partial charge is 0.368 e. The van der Waals surface area contributed by atoms with Gasteiger partial charge >= 0.3 is 6.03 Å². The first-order chi connectivity index (χ1) is 15.5. The lowest BCUT2D eigenvalue weighted by Gasteiger charge is -2.38. The predicted molar refractivity (Wildman–Crippen MR) is 124 cm³/mol. The number of carbonyl (C=O) groups is 3. The lowest BCUT2D eigenvalue weighted by molar-refractivity contribution is -0.143. The number of rotatable bonds is 4. The molecule has 168 valence electrons. The van der Waals surface area contributed by atoms with Gasteiger partial charge < -0.3 is 24.9 Å². The summed E-state index contributed by atoms with van der Waals surface area (Å²) in [4.78, 5) is 44.8. The number of piperazine rings is 2. The van der Waals surface area contributed by atoms with E-state index in [4.69, 9.17) is 11.6 Å². The fraction of sp³-hybridized carbons (Fsp3) is 0.348. The number of benzene rings is 2. The average molecular weight is 456 g/mol. The van der Waals surface area contributed by atoms with Crippen molar-refractivity contribution >= 4 is 40.8 Å². The number of amides is 4. The Morgan fingerprint density at radius 1 is 0.844 bits per heavy atom. The smallest absolute Gasteiger partial charge is 0.322 e. The second kappa shape index (κ2) is 9.91. The summed E-state index contributed by atoms with van der Waals surface area (Å²) in [5.41, 5.74) is 1.77. The summed E-state index contributed by atoms with van der Waals surface area (Å²) in [6, 6.07) is 16.6. The van der Waals surface area contributed by atoms with E-state index in [1.54, 1.807) is 24.3 Å². The van der Waals surface area contributed by atoms with Crippen LogP contribution in [0.15, 0.2) is 54.6 Å². The third-order valence-corrected chi connectivity index (χ3v) is 6.03. The van der Waals surface area contributed by atoms with Gasteiger partial charge in [0, 0.05) is 55.7 Å². The second-order valence-corrected chi connectivity index (χ2v) is 8.31. The number of urea groups is 1. The van der Waals surface area contributed by atoms with Crippen LogP contribution in [0.5, 0.6) is 0 Å². The summed E-state index contributed by atoms with van der Waals surface area (Å²) in [5.74, 6) is -0.274. The van der Waals surface area contributed by atoms with Crippen LogP contribution in [-0.4, -0.2) is 84.9 Å². The van der Waals surface area contributed by atoms with Crippen molar-refractivity contribution in [2.45, 2.75) is 0 Å². The molecule has 0 unspecified atom stereocenters. The van der Waals surface area contributed by atoms with Gasteiger partial charge in [0.05, 0.1) is 6.54 Å². The van der Waals surface area contributed by atoms with Crippen LogP contribution >= 0.6 is 11.6 Å². The SMILES string of the molecule is O=C(CN1CCN(C(=O)Nc2ccc(Cl)cc2)CC1=O)N1CCN(c2ccccc2)CC1. The Kier molecular flexibility index (Phi) is 6.80. The highest BCUT2D eigenvalue weighted by atomic mass is 35.5. The van der Waals surface area contributed by atoms with Gasteiger partial charge in [-0.25, -0.2) is 4.79 Å². The van der Waals surface area contributed by atoms with Gasteiger partial charge in [0.25, 0.3) is 0 Å². The van der Waals surface area contributed by atoms with Gasteiger partial charge in [-0.15, -0.1) is 0 Å². The van der Waals surface area contributed by atoms with Gasteiger partial charge in [-0.2, -0.15) is 0 Å². The molecule has 0 saturated carbocycles. The van der Waals surface area contributed by atoms with Crippen LogP contribution in [0, 0.1) is 0 Å². The third kappa shape index (κ3) is 5.31. The number of hydrogen-bond donors (Lipinski definition) is 1. The van der Waals surface area contributed by atoms with Crippen LogP contribution < -0.4 is 10.2 Å². The van der Waals surface area contributed by atoms with Gasteiger partial charge in [-0.1, -0.05) is 29.8 Å². The van der Waals surface area contributed by atoms with Crippen molar-refractivity contribution in [3.05, 3.63) is 59.6 Å². The Bertz CT molecular complexity index is 961. The van der Waals surface area contributed by atoms with Crippen molar-refractivity contribution in [1.29, 1.82) is 0 Å². The average Bonchev–Trinajstić information content (AvgIpc) is 2.82. The fourth-order valence-electron chi connectivity index (χ4n) is 3.90. The molecule has 4 rings (SSSR count). The molecular weight excluding hydrogens is 430 g/mol. The van der Waals surface area contributed by atoms with E-state index in [0.29, 0.717) is 36.9 Å². The van der Waals surface area contributed by atoms with Crippen LogP contribution in [0.2, 0.25) is 5.02 Å². The molecule has 8 nitrogen and oxygen atoms in total. The molecule has 2 aliphatic heterocycles. The van der Waals surface area contributed by atoms with Crippen molar-refractivity contribution in [2.75, 3.05) is 62.6 Å². The maximum Gasteiger partial charge on any atom is 0.322 e. The predicted octanol–water partition coefficient (Wildman–Crippen LogP) is 2.36. The molecule has 0 aliphatic carbocycles. The molecule has 0 spiro atoms. The van der Waals surface area contributed by atoms with E-state index in [1.807, 2.05) is 23.1 Å². The lowest BCUT2D eigenvalue weighted by atomic mass is 10.2. The highest BCUT2D eigenvalue weighted by molar-refractivity contribution is 6.30. The van der Waals surface area contributed by atoms with E-state index >= 15 is 0 Å². The fourth-order valence-corrected chi connectivity index (χ4v) is 4.03. The Hall–Kier alpha value is -3.26. The molecule has 2 heterocycles. The van der Waals surface area contributed by atoms with E-state index in [0.717, 1.165) is 18.8 Å². The maximum atomic E-state index is 12.7. The molecule has 2 aliphatic rings. The molecule has 32 heavy (non-hydrogen) atoms. The van der Waals surface area contributed by atoms with E-state index in [9.17, 15) is 14.4 Å². The third-order valence-electron chi connectivity index (χ3n) is 5.78. The first-order valence-electron chi connectivity index (χ1n) is 10.7. The highest BCUT2D eigenvalue weighted by Gasteiger charge is 2.30. The van der Waals surface area contributed by atoms with E-state index in [-0.39, 0.29) is 30.9 Å². The van der Waals surface area contributed by atoms with Gasteiger partial charge in [0.15, 0.2) is 0 Å². The summed E-state index contributed by atoms with van der Waals surface area (Å²) >= 11 is 5.86. The minimum absolute atomic E-state index is 0.0471. The standard InChI is InChI=1S/C23H26ClN5O3/c24-18-6-8-19(9-7-18)25-23(32)29-15-14-28(22(31)17-29)16-21(30)27-12-10-26(11-13-27)20-4-2-1-3-5-20/h1-9H,10-17H2,(H,25,32). The minimum atomic E-state index is -0.344. The number of nitrogens with zero attached hydrogens (tertiary/aromatic N) is 4. The zero-order valence-corrected chi connectivity index (χ0v) is 18.5. The molecule has 2 fully saturated rings. The number of nitrogens with one attached hydrogen (secondary N) is 1. The topological polar surface area (TPSA) is 76.2 Å². The van der Waals surface area contributed by atoms with Crippen LogP contribution in [0.4, 0.5) is 16.2 Å². The Morgan fingerprint density at radius 2 is 1.50 bits per heavy atom. The summed E-state index contributed by atoms with van der Waals surface area (Å²) in [6.07, 6.45) is 0. The van der Waals surface area contributed by atoms with Crippen LogP contribution in [0.25, 0.3) is 0 Å². The molecule has 9 heteroatoms. The summed E-state index contributed by atoms with van der Waals surface area (Å²) in [6.45, 7) is 3.51. The van der Waals surface area contributed by atoms with Crippen LogP contribution in [0.1, 0.15) is 0 Å². The number of carbonyl (C=O) groups excluding carboxylic acids is 3. The first kappa shape index (κ1) is 22.0. The molecule has 0 radical (unpaired) electrons. The van der Waals surface area contributed by atoms with Gasteiger partial charge in [-0.3, -0.25) is 9.59 Å². The number of hydrogen-bond acceptors (Lipinski definition) is 4. The van der Waals surface area contributed by atoms with Crippen molar-refractivity contribution < 1.29 is 14.4 Å². The zero-order chi connectivity index (χ0) is 22.5. The Labute approximate surface area is 192 Å². The first-order valence-corrected chi connectivity index (χ1v) is 11.0. The van der Waals surface area contributed by atoms with Gasteiger partial charge in [-0.05, 0) is 36.4 Å². The molecule has 4 amide bonds. The quantitative estimate of drug-likeness (QED) is 0.768. The molecule has 2 saturated heterocycles. The summed E-state index contributed by atoms with van der Waals surface area (Å²) in [7, 11) is 0. The molecule has 0 atom stereocenters. The monoisotopic (exact) mass is 455 g/mol. The van der Waals surface area contributed by atoms with Crippen LogP contribution in [-0.2, 0) is 9.59 Å². The van der Waals surface area contributed by atoms with E-state index in [1.165, 1.54) is 9.80 Å². The summed E-state index contributed by atoms with van der Waals surface area (Å²) < 4.78 is 0. The van der Waals surface area contributed by atoms with Gasteiger partial charge in [0.1, 0.15) is 6.54 Å². The number of halogens is 1. The Balaban J connectivity index is 1.23. The molecule has 0 aromatic heterocycles. The molecule has 1 N–H and O–H groups in total.